The zero-order valence-corrected chi connectivity index (χ0v) is 19.9. The number of nitrogens with one attached hydrogen (secondary N) is 1. The van der Waals surface area contributed by atoms with Crippen molar-refractivity contribution in [1.29, 1.82) is 0 Å². The van der Waals surface area contributed by atoms with Gasteiger partial charge in [-0.15, -0.1) is 5.10 Å². The molecule has 0 aromatic carbocycles. The van der Waals surface area contributed by atoms with Gasteiger partial charge < -0.3 is 10.1 Å². The lowest BCUT2D eigenvalue weighted by atomic mass is 9.48. The average Bonchev–Trinajstić information content (AvgIpc) is 3.35. The molecule has 0 spiro atoms. The number of rotatable bonds is 4. The summed E-state index contributed by atoms with van der Waals surface area (Å²) in [6, 6.07) is 0.677. The Balaban J connectivity index is 1.19. The molecule has 1 N–H and O–H groups in total. The minimum absolute atomic E-state index is 0.183. The van der Waals surface area contributed by atoms with Crippen molar-refractivity contribution in [3.63, 3.8) is 0 Å². The highest BCUT2D eigenvalue weighted by Gasteiger charge is 2.53. The second kappa shape index (κ2) is 8.36. The summed E-state index contributed by atoms with van der Waals surface area (Å²) in [5, 5.41) is 8.22. The van der Waals surface area contributed by atoms with Gasteiger partial charge in [-0.25, -0.2) is 4.79 Å². The standard InChI is InChI=1S/C27H41N3O2/c1-18(27-15-19-12-20(16-27)14-21(13-19)17-27)28-26(31)32-25-23-10-4-2-3-5-11-24(23)30(29-25)22-8-6-7-9-22/h18-22H,2-17H2,1H3,(H,28,31). The van der Waals surface area contributed by atoms with Gasteiger partial charge in [0.2, 0.25) is 5.88 Å². The van der Waals surface area contributed by atoms with Crippen LogP contribution < -0.4 is 10.1 Å². The number of fused-ring (bicyclic) bond motifs is 1. The molecule has 1 aromatic rings. The molecule has 6 aliphatic rings. The van der Waals surface area contributed by atoms with Crippen LogP contribution in [0.1, 0.15) is 114 Å². The number of amides is 1. The molecule has 5 heteroatoms. The summed E-state index contributed by atoms with van der Waals surface area (Å²) in [6.07, 6.45) is 19.9. The minimum Gasteiger partial charge on any atom is -0.389 e. The lowest BCUT2D eigenvalue weighted by Gasteiger charge is -2.58. The van der Waals surface area contributed by atoms with E-state index >= 15 is 0 Å². The van der Waals surface area contributed by atoms with Gasteiger partial charge in [0.1, 0.15) is 0 Å². The molecular weight excluding hydrogens is 398 g/mol. The van der Waals surface area contributed by atoms with E-state index < -0.39 is 0 Å². The van der Waals surface area contributed by atoms with Crippen LogP contribution >= 0.6 is 0 Å². The molecule has 5 saturated carbocycles. The normalized spacial score (nSPS) is 35.2. The SMILES string of the molecule is CC(NC(=O)Oc1nn(C2CCCC2)c2c1CCCCCC2)C12CC3CC(CC(C3)C1)C2. The average molecular weight is 440 g/mol. The molecule has 0 radical (unpaired) electrons. The van der Waals surface area contributed by atoms with Crippen LogP contribution in [0.2, 0.25) is 0 Å². The van der Waals surface area contributed by atoms with Crippen LogP contribution in [-0.2, 0) is 12.8 Å². The summed E-state index contributed by atoms with van der Waals surface area (Å²) in [5.74, 6) is 3.28. The van der Waals surface area contributed by atoms with Gasteiger partial charge in [-0.2, -0.15) is 0 Å². The van der Waals surface area contributed by atoms with Gasteiger partial charge in [-0.1, -0.05) is 25.7 Å². The number of hydrogen-bond donors (Lipinski definition) is 1. The second-order valence-corrected chi connectivity index (χ2v) is 12.1. The Morgan fingerprint density at radius 3 is 2.25 bits per heavy atom. The molecule has 1 aromatic heterocycles. The van der Waals surface area contributed by atoms with E-state index in [4.69, 9.17) is 9.84 Å². The van der Waals surface area contributed by atoms with Gasteiger partial charge in [0.05, 0.1) is 6.04 Å². The van der Waals surface area contributed by atoms with Crippen LogP contribution in [0.4, 0.5) is 4.79 Å². The maximum atomic E-state index is 13.1. The quantitative estimate of drug-likeness (QED) is 0.595. The largest absolute Gasteiger partial charge is 0.414 e. The Kier molecular flexibility index (Phi) is 5.50. The van der Waals surface area contributed by atoms with E-state index in [9.17, 15) is 4.79 Å². The molecule has 1 heterocycles. The summed E-state index contributed by atoms with van der Waals surface area (Å²) in [6.45, 7) is 2.23. The first-order chi connectivity index (χ1) is 15.6. The first kappa shape index (κ1) is 21.0. The van der Waals surface area contributed by atoms with Crippen molar-refractivity contribution >= 4 is 6.09 Å². The highest BCUT2D eigenvalue weighted by Crippen LogP contribution is 2.61. The van der Waals surface area contributed by atoms with Crippen molar-refractivity contribution in [2.45, 2.75) is 122 Å². The summed E-state index contributed by atoms with van der Waals surface area (Å²) < 4.78 is 8.26. The smallest absolute Gasteiger partial charge is 0.389 e. The topological polar surface area (TPSA) is 56.1 Å². The predicted molar refractivity (Wildman–Crippen MR) is 125 cm³/mol. The third-order valence-electron chi connectivity index (χ3n) is 9.87. The van der Waals surface area contributed by atoms with Gasteiger partial charge in [0.25, 0.3) is 0 Å². The number of ether oxygens (including phenoxy) is 1. The van der Waals surface area contributed by atoms with Gasteiger partial charge >= 0.3 is 6.09 Å². The van der Waals surface area contributed by atoms with E-state index in [2.05, 4.69) is 16.9 Å². The van der Waals surface area contributed by atoms with Crippen molar-refractivity contribution in [2.24, 2.45) is 23.2 Å². The molecular formula is C27H41N3O2. The second-order valence-electron chi connectivity index (χ2n) is 12.1. The van der Waals surface area contributed by atoms with Crippen LogP contribution in [0.25, 0.3) is 0 Å². The highest BCUT2D eigenvalue weighted by atomic mass is 16.6. The molecule has 0 saturated heterocycles. The molecule has 1 unspecified atom stereocenters. The Morgan fingerprint density at radius 2 is 1.59 bits per heavy atom. The molecule has 1 atom stereocenters. The van der Waals surface area contributed by atoms with E-state index in [0.717, 1.165) is 30.6 Å². The maximum absolute atomic E-state index is 13.1. The van der Waals surface area contributed by atoms with Gasteiger partial charge in [0.15, 0.2) is 0 Å². The fourth-order valence-electron chi connectivity index (χ4n) is 8.63. The molecule has 32 heavy (non-hydrogen) atoms. The zero-order chi connectivity index (χ0) is 21.7. The van der Waals surface area contributed by atoms with Gasteiger partial charge in [-0.3, -0.25) is 4.68 Å². The van der Waals surface area contributed by atoms with Crippen molar-refractivity contribution in [2.75, 3.05) is 0 Å². The number of carbonyl (C=O) groups is 1. The van der Waals surface area contributed by atoms with E-state index in [-0.39, 0.29) is 12.1 Å². The zero-order valence-electron chi connectivity index (χ0n) is 19.9. The third-order valence-corrected chi connectivity index (χ3v) is 9.87. The molecule has 0 aliphatic heterocycles. The monoisotopic (exact) mass is 439 g/mol. The number of aromatic nitrogens is 2. The Hall–Kier alpha value is -1.52. The Bertz CT molecular complexity index is 818. The summed E-state index contributed by atoms with van der Waals surface area (Å²) in [7, 11) is 0. The lowest BCUT2D eigenvalue weighted by molar-refractivity contribution is -0.0689. The number of carbonyl (C=O) groups excluding carboxylic acids is 1. The van der Waals surface area contributed by atoms with E-state index in [1.165, 1.54) is 101 Å². The predicted octanol–water partition coefficient (Wildman–Crippen LogP) is 6.35. The van der Waals surface area contributed by atoms with Crippen LogP contribution in [0.15, 0.2) is 0 Å². The first-order valence-corrected chi connectivity index (χ1v) is 13.7. The van der Waals surface area contributed by atoms with Crippen molar-refractivity contribution in [3.8, 4) is 5.88 Å². The molecule has 1 amide bonds. The lowest BCUT2D eigenvalue weighted by Crippen LogP contribution is -2.56. The van der Waals surface area contributed by atoms with Crippen molar-refractivity contribution in [3.05, 3.63) is 11.3 Å². The van der Waals surface area contributed by atoms with Crippen LogP contribution in [-0.4, -0.2) is 21.9 Å². The van der Waals surface area contributed by atoms with E-state index in [1.807, 2.05) is 0 Å². The Labute approximate surface area is 193 Å². The van der Waals surface area contributed by atoms with Crippen LogP contribution in [0.5, 0.6) is 5.88 Å². The van der Waals surface area contributed by atoms with Crippen molar-refractivity contribution < 1.29 is 9.53 Å². The fourth-order valence-corrected chi connectivity index (χ4v) is 8.63. The van der Waals surface area contributed by atoms with E-state index in [0.29, 0.717) is 17.3 Å². The molecule has 5 fully saturated rings. The first-order valence-electron chi connectivity index (χ1n) is 13.7. The minimum atomic E-state index is -0.283. The fraction of sp³-hybridized carbons (Fsp3) is 0.852. The third kappa shape index (κ3) is 3.77. The number of hydrogen-bond acceptors (Lipinski definition) is 3. The van der Waals surface area contributed by atoms with Crippen molar-refractivity contribution in [1.82, 2.24) is 15.1 Å². The molecule has 176 valence electrons. The molecule has 5 nitrogen and oxygen atoms in total. The van der Waals surface area contributed by atoms with Gasteiger partial charge in [-0.05, 0) is 107 Å². The molecule has 6 aliphatic carbocycles. The van der Waals surface area contributed by atoms with E-state index in [1.54, 1.807) is 0 Å². The van der Waals surface area contributed by atoms with Crippen LogP contribution in [0, 0.1) is 23.2 Å². The van der Waals surface area contributed by atoms with Crippen LogP contribution in [0.3, 0.4) is 0 Å². The molecule has 7 rings (SSSR count). The Morgan fingerprint density at radius 1 is 0.969 bits per heavy atom. The highest BCUT2D eigenvalue weighted by molar-refractivity contribution is 5.70. The molecule has 4 bridgehead atoms. The summed E-state index contributed by atoms with van der Waals surface area (Å²) >= 11 is 0. The summed E-state index contributed by atoms with van der Waals surface area (Å²) in [4.78, 5) is 13.1. The number of nitrogens with zero attached hydrogens (tertiary/aromatic N) is 2. The summed E-state index contributed by atoms with van der Waals surface area (Å²) in [5.41, 5.74) is 2.87. The van der Waals surface area contributed by atoms with Gasteiger partial charge in [0, 0.05) is 17.3 Å². The maximum Gasteiger partial charge on any atom is 0.414 e.